The van der Waals surface area contributed by atoms with Crippen LogP contribution in [0.2, 0.25) is 5.02 Å². The zero-order chi connectivity index (χ0) is 33.1. The largest absolute Gasteiger partial charge is 0.501 e. The van der Waals surface area contributed by atoms with E-state index in [0.717, 1.165) is 35.4 Å². The van der Waals surface area contributed by atoms with Gasteiger partial charge in [0.05, 0.1) is 22.2 Å². The summed E-state index contributed by atoms with van der Waals surface area (Å²) in [6.07, 6.45) is -4.60. The SMILES string of the molecule is CCC(CNc1cc(Cl)c(NC(=O)C(F)(F)C(F)(F)F)c([N+](=O)[O-])c1O)Oc1ccc(C(C)(C)CC)cc1C(C)(C)CC. The second kappa shape index (κ2) is 13.1. The number of rotatable bonds is 13. The van der Waals surface area contributed by atoms with Crippen molar-refractivity contribution in [3.63, 3.8) is 0 Å². The smallest absolute Gasteiger partial charge is 0.463 e. The first-order valence-corrected chi connectivity index (χ1v) is 14.0. The molecule has 3 N–H and O–H groups in total. The summed E-state index contributed by atoms with van der Waals surface area (Å²) in [6.45, 7) is 14.5. The Labute approximate surface area is 252 Å². The number of carbonyl (C=O) groups excluding carboxylic acids is 1. The number of aromatic hydroxyl groups is 1. The van der Waals surface area contributed by atoms with Crippen LogP contribution < -0.4 is 15.4 Å². The van der Waals surface area contributed by atoms with Crippen LogP contribution in [-0.4, -0.2) is 40.7 Å². The van der Waals surface area contributed by atoms with Crippen molar-refractivity contribution in [2.45, 2.75) is 96.8 Å². The third kappa shape index (κ3) is 7.79. The molecule has 1 unspecified atom stereocenters. The lowest BCUT2D eigenvalue weighted by Crippen LogP contribution is -2.47. The van der Waals surface area contributed by atoms with Crippen molar-refractivity contribution < 1.29 is 41.5 Å². The van der Waals surface area contributed by atoms with Crippen molar-refractivity contribution in [3.8, 4) is 11.5 Å². The average molecular weight is 638 g/mol. The van der Waals surface area contributed by atoms with Crippen molar-refractivity contribution in [1.29, 1.82) is 0 Å². The van der Waals surface area contributed by atoms with Gasteiger partial charge in [-0.2, -0.15) is 22.0 Å². The first-order valence-electron chi connectivity index (χ1n) is 13.7. The van der Waals surface area contributed by atoms with Gasteiger partial charge in [0.25, 0.3) is 0 Å². The normalized spacial score (nSPS) is 13.4. The summed E-state index contributed by atoms with van der Waals surface area (Å²) in [4.78, 5) is 22.1. The highest BCUT2D eigenvalue weighted by molar-refractivity contribution is 6.35. The monoisotopic (exact) mass is 637 g/mol. The first kappa shape index (κ1) is 35.8. The number of nitro groups is 1. The minimum absolute atomic E-state index is 0.0103. The number of phenols is 1. The number of amides is 1. The number of alkyl halides is 5. The molecule has 240 valence electrons. The predicted octanol–water partition coefficient (Wildman–Crippen LogP) is 8.73. The van der Waals surface area contributed by atoms with Gasteiger partial charge < -0.3 is 20.5 Å². The van der Waals surface area contributed by atoms with Gasteiger partial charge in [0.1, 0.15) is 17.5 Å². The number of nitrogens with zero attached hydrogens (tertiary/aromatic N) is 1. The number of nitrogens with one attached hydrogen (secondary N) is 2. The van der Waals surface area contributed by atoms with E-state index in [9.17, 15) is 42.0 Å². The number of ether oxygens (including phenoxy) is 1. The van der Waals surface area contributed by atoms with E-state index in [1.54, 1.807) is 0 Å². The summed E-state index contributed by atoms with van der Waals surface area (Å²) in [5.41, 5.74) is -1.07. The van der Waals surface area contributed by atoms with Crippen LogP contribution in [0.3, 0.4) is 0 Å². The van der Waals surface area contributed by atoms with E-state index in [0.29, 0.717) is 12.2 Å². The Morgan fingerprint density at radius 3 is 2.12 bits per heavy atom. The van der Waals surface area contributed by atoms with Crippen LogP contribution in [0.15, 0.2) is 24.3 Å². The van der Waals surface area contributed by atoms with Gasteiger partial charge in [0.2, 0.25) is 5.75 Å². The van der Waals surface area contributed by atoms with Gasteiger partial charge in [0.15, 0.2) is 0 Å². The van der Waals surface area contributed by atoms with Crippen LogP contribution in [0.4, 0.5) is 39.0 Å². The van der Waals surface area contributed by atoms with Crippen molar-refractivity contribution >= 4 is 34.6 Å². The van der Waals surface area contributed by atoms with E-state index in [1.807, 2.05) is 19.1 Å². The fraction of sp³-hybridized carbons (Fsp3) is 0.552. The lowest BCUT2D eigenvalue weighted by Gasteiger charge is -2.31. The van der Waals surface area contributed by atoms with Gasteiger partial charge in [-0.1, -0.05) is 72.2 Å². The van der Waals surface area contributed by atoms with Gasteiger partial charge in [-0.05, 0) is 47.8 Å². The molecule has 2 aromatic carbocycles. The molecule has 0 aromatic heterocycles. The van der Waals surface area contributed by atoms with E-state index < -0.39 is 51.2 Å². The van der Waals surface area contributed by atoms with E-state index in [-0.39, 0.29) is 23.1 Å². The summed E-state index contributed by atoms with van der Waals surface area (Å²) in [5, 5.41) is 25.4. The second-order valence-corrected chi connectivity index (χ2v) is 11.9. The molecule has 43 heavy (non-hydrogen) atoms. The van der Waals surface area contributed by atoms with E-state index in [1.165, 1.54) is 0 Å². The highest BCUT2D eigenvalue weighted by Crippen LogP contribution is 2.46. The fourth-order valence-corrected chi connectivity index (χ4v) is 4.27. The predicted molar refractivity (Wildman–Crippen MR) is 156 cm³/mol. The average Bonchev–Trinajstić information content (AvgIpc) is 2.92. The van der Waals surface area contributed by atoms with Crippen LogP contribution in [0.1, 0.15) is 78.9 Å². The minimum Gasteiger partial charge on any atom is -0.501 e. The summed E-state index contributed by atoms with van der Waals surface area (Å²) >= 11 is 5.96. The highest BCUT2D eigenvalue weighted by Gasteiger charge is 2.63. The van der Waals surface area contributed by atoms with Crippen LogP contribution in [-0.2, 0) is 15.6 Å². The maximum Gasteiger partial charge on any atom is 0.463 e. The number of nitro benzene ring substituents is 1. The Morgan fingerprint density at radius 2 is 1.63 bits per heavy atom. The summed E-state index contributed by atoms with van der Waals surface area (Å²) < 4.78 is 71.1. The Bertz CT molecular complexity index is 1350. The lowest BCUT2D eigenvalue weighted by atomic mass is 9.76. The second-order valence-electron chi connectivity index (χ2n) is 11.5. The topological polar surface area (TPSA) is 114 Å². The number of phenolic OH excluding ortho intramolecular Hbond substituents is 1. The zero-order valence-corrected chi connectivity index (χ0v) is 25.8. The number of benzene rings is 2. The lowest BCUT2D eigenvalue weighted by molar-refractivity contribution is -0.384. The molecule has 14 heteroatoms. The Kier molecular flexibility index (Phi) is 10.9. The third-order valence-corrected chi connectivity index (χ3v) is 8.11. The van der Waals surface area contributed by atoms with Gasteiger partial charge >= 0.3 is 23.7 Å². The van der Waals surface area contributed by atoms with Crippen molar-refractivity contribution in [1.82, 2.24) is 0 Å². The molecule has 0 radical (unpaired) electrons. The molecule has 1 atom stereocenters. The molecule has 0 aliphatic heterocycles. The molecule has 0 aliphatic carbocycles. The fourth-order valence-electron chi connectivity index (χ4n) is 4.03. The molecule has 1 amide bonds. The minimum atomic E-state index is -6.27. The quantitative estimate of drug-likeness (QED) is 0.0876. The van der Waals surface area contributed by atoms with Crippen LogP contribution in [0, 0.1) is 10.1 Å². The van der Waals surface area contributed by atoms with E-state index >= 15 is 0 Å². The molecule has 0 aliphatic rings. The molecule has 2 rings (SSSR count). The molecular weight excluding hydrogens is 601 g/mol. The number of hydrogen-bond acceptors (Lipinski definition) is 6. The Balaban J connectivity index is 2.41. The van der Waals surface area contributed by atoms with Crippen LogP contribution >= 0.6 is 11.6 Å². The molecule has 2 aromatic rings. The summed E-state index contributed by atoms with van der Waals surface area (Å²) in [6, 6.07) is 6.89. The Hall–Kier alpha value is -3.35. The van der Waals surface area contributed by atoms with Gasteiger partial charge in [-0.15, -0.1) is 0 Å². The molecule has 0 saturated heterocycles. The van der Waals surface area contributed by atoms with Crippen molar-refractivity contribution in [2.75, 3.05) is 17.2 Å². The highest BCUT2D eigenvalue weighted by atomic mass is 35.5. The molecule has 0 fully saturated rings. The summed E-state index contributed by atoms with van der Waals surface area (Å²) in [7, 11) is 0. The number of hydrogen-bond donors (Lipinski definition) is 3. The van der Waals surface area contributed by atoms with Gasteiger partial charge in [-0.25, -0.2) is 0 Å². The Morgan fingerprint density at radius 1 is 1.05 bits per heavy atom. The zero-order valence-electron chi connectivity index (χ0n) is 25.0. The standard InChI is InChI=1S/C29H37ClF5N3O5/c1-8-17(43-21-12-11-16(26(4,5)9-2)13-18(21)27(6,7)10-3)15-36-20-14-19(30)22(23(24(20)39)38(41)42)37-25(40)28(31,32)29(33,34)35/h11-14,17,36,39H,8-10,15H2,1-7H3,(H,37,40). The molecular formula is C29H37ClF5N3O5. The maximum absolute atomic E-state index is 13.5. The number of halogens is 6. The molecule has 0 saturated carbocycles. The van der Waals surface area contributed by atoms with Gasteiger partial charge in [0, 0.05) is 5.56 Å². The van der Waals surface area contributed by atoms with Crippen LogP contribution in [0.5, 0.6) is 11.5 Å². The van der Waals surface area contributed by atoms with Crippen molar-refractivity contribution in [2.24, 2.45) is 0 Å². The van der Waals surface area contributed by atoms with Crippen molar-refractivity contribution in [3.05, 3.63) is 50.5 Å². The molecule has 0 spiro atoms. The maximum atomic E-state index is 13.5. The third-order valence-electron chi connectivity index (χ3n) is 7.82. The summed E-state index contributed by atoms with van der Waals surface area (Å²) in [5.74, 6) is -9.27. The number of carbonyl (C=O) groups is 1. The molecule has 0 heterocycles. The molecule has 8 nitrogen and oxygen atoms in total. The van der Waals surface area contributed by atoms with Gasteiger partial charge in [-0.3, -0.25) is 14.9 Å². The van der Waals surface area contributed by atoms with Crippen LogP contribution in [0.25, 0.3) is 0 Å². The van der Waals surface area contributed by atoms with E-state index in [4.69, 9.17) is 16.3 Å². The number of anilines is 2. The first-order chi connectivity index (χ1) is 19.6. The molecule has 0 bridgehead atoms. The van der Waals surface area contributed by atoms with E-state index in [2.05, 4.69) is 52.9 Å².